The second-order valence-corrected chi connectivity index (χ2v) is 5.32. The lowest BCUT2D eigenvalue weighted by atomic mass is 10.2. The van der Waals surface area contributed by atoms with E-state index in [1.54, 1.807) is 6.20 Å². The number of aromatic nitrogens is 1. The van der Waals surface area contributed by atoms with E-state index in [4.69, 9.17) is 0 Å². The van der Waals surface area contributed by atoms with Crippen LogP contribution < -0.4 is 5.32 Å². The van der Waals surface area contributed by atoms with Gasteiger partial charge in [0.2, 0.25) is 0 Å². The minimum atomic E-state index is -0.665. The van der Waals surface area contributed by atoms with Crippen molar-refractivity contribution in [3.05, 3.63) is 64.6 Å². The molecule has 0 radical (unpaired) electrons. The summed E-state index contributed by atoms with van der Waals surface area (Å²) in [4.78, 5) is 12.1. The van der Waals surface area contributed by atoms with Crippen LogP contribution in [0.1, 0.15) is 22.0 Å². The molecule has 3 aromatic heterocycles. The summed E-state index contributed by atoms with van der Waals surface area (Å²) < 4.78 is 1.89. The van der Waals surface area contributed by atoms with Gasteiger partial charge in [-0.15, -0.1) is 0 Å². The van der Waals surface area contributed by atoms with E-state index in [0.29, 0.717) is 5.56 Å². The Labute approximate surface area is 120 Å². The zero-order valence-corrected chi connectivity index (χ0v) is 11.5. The predicted octanol–water partition coefficient (Wildman–Crippen LogP) is 2.46. The van der Waals surface area contributed by atoms with Crippen LogP contribution in [0, 0.1) is 0 Å². The van der Waals surface area contributed by atoms with Gasteiger partial charge in [-0.25, -0.2) is 0 Å². The van der Waals surface area contributed by atoms with Gasteiger partial charge in [0, 0.05) is 24.5 Å². The quantitative estimate of drug-likeness (QED) is 0.774. The average molecular weight is 286 g/mol. The number of thiophene rings is 1. The number of aliphatic hydroxyl groups is 1. The number of hydrogen-bond acceptors (Lipinski definition) is 3. The number of nitrogens with one attached hydrogen (secondary N) is 1. The second kappa shape index (κ2) is 5.48. The topological polar surface area (TPSA) is 53.7 Å². The van der Waals surface area contributed by atoms with Crippen LogP contribution in [0.3, 0.4) is 0 Å². The van der Waals surface area contributed by atoms with Crippen molar-refractivity contribution in [3.63, 3.8) is 0 Å². The van der Waals surface area contributed by atoms with E-state index in [-0.39, 0.29) is 12.5 Å². The Morgan fingerprint density at radius 1 is 1.40 bits per heavy atom. The molecule has 3 aromatic rings. The molecule has 0 aliphatic heterocycles. The Bertz CT molecular complexity index is 685. The van der Waals surface area contributed by atoms with Crippen LogP contribution in [0.4, 0.5) is 0 Å². The molecule has 4 nitrogen and oxygen atoms in total. The van der Waals surface area contributed by atoms with Gasteiger partial charge in [0.05, 0.1) is 11.7 Å². The number of nitrogens with zero attached hydrogens (tertiary/aromatic N) is 1. The Balaban J connectivity index is 1.67. The van der Waals surface area contributed by atoms with Gasteiger partial charge in [0.25, 0.3) is 5.91 Å². The van der Waals surface area contributed by atoms with Crippen LogP contribution in [0.15, 0.2) is 53.5 Å². The van der Waals surface area contributed by atoms with Crippen LogP contribution in [-0.4, -0.2) is 22.0 Å². The molecule has 1 amide bonds. The summed E-state index contributed by atoms with van der Waals surface area (Å²) in [7, 11) is 0. The molecule has 2 N–H and O–H groups in total. The first-order chi connectivity index (χ1) is 9.74. The summed E-state index contributed by atoms with van der Waals surface area (Å²) in [5.41, 5.74) is 2.39. The highest BCUT2D eigenvalue weighted by Gasteiger charge is 2.12. The molecule has 3 heterocycles. The Kier molecular flexibility index (Phi) is 3.54. The van der Waals surface area contributed by atoms with Gasteiger partial charge in [-0.2, -0.15) is 11.3 Å². The largest absolute Gasteiger partial charge is 0.387 e. The third-order valence-corrected chi connectivity index (χ3v) is 3.85. The van der Waals surface area contributed by atoms with Gasteiger partial charge < -0.3 is 14.8 Å². The van der Waals surface area contributed by atoms with Crippen molar-refractivity contribution in [3.8, 4) is 0 Å². The molecule has 5 heteroatoms. The van der Waals surface area contributed by atoms with Crippen LogP contribution in [0.2, 0.25) is 0 Å². The fourth-order valence-corrected chi connectivity index (χ4v) is 2.76. The summed E-state index contributed by atoms with van der Waals surface area (Å²) in [6.07, 6.45) is 3.01. The molecular formula is C15H14N2O2S. The normalized spacial score (nSPS) is 12.4. The second-order valence-electron chi connectivity index (χ2n) is 4.54. The summed E-state index contributed by atoms with van der Waals surface area (Å²) in [6.45, 7) is 0.210. The van der Waals surface area contributed by atoms with E-state index in [1.807, 2.05) is 51.7 Å². The third-order valence-electron chi connectivity index (χ3n) is 3.15. The van der Waals surface area contributed by atoms with E-state index >= 15 is 0 Å². The maximum absolute atomic E-state index is 12.1. The molecule has 0 aliphatic rings. The molecule has 1 atom stereocenters. The monoisotopic (exact) mass is 286 g/mol. The first-order valence-electron chi connectivity index (χ1n) is 6.29. The highest BCUT2D eigenvalue weighted by Crippen LogP contribution is 2.15. The summed E-state index contributed by atoms with van der Waals surface area (Å²) in [6, 6.07) is 9.46. The maximum Gasteiger partial charge on any atom is 0.252 e. The fourth-order valence-electron chi connectivity index (χ4n) is 2.05. The molecule has 102 valence electrons. The smallest absolute Gasteiger partial charge is 0.252 e. The van der Waals surface area contributed by atoms with E-state index < -0.39 is 6.10 Å². The molecular weight excluding hydrogens is 272 g/mol. The van der Waals surface area contributed by atoms with Crippen LogP contribution >= 0.6 is 11.3 Å². The summed E-state index contributed by atoms with van der Waals surface area (Å²) in [5.74, 6) is -0.178. The number of aliphatic hydroxyl groups excluding tert-OH is 1. The van der Waals surface area contributed by atoms with E-state index in [9.17, 15) is 9.90 Å². The van der Waals surface area contributed by atoms with Gasteiger partial charge in [-0.1, -0.05) is 6.07 Å². The fraction of sp³-hybridized carbons (Fsp3) is 0.133. The van der Waals surface area contributed by atoms with E-state index in [0.717, 1.165) is 11.1 Å². The first kappa shape index (κ1) is 12.9. The Morgan fingerprint density at radius 2 is 2.30 bits per heavy atom. The van der Waals surface area contributed by atoms with E-state index in [1.165, 1.54) is 11.3 Å². The minimum absolute atomic E-state index is 0.178. The lowest BCUT2D eigenvalue weighted by Crippen LogP contribution is -2.27. The van der Waals surface area contributed by atoms with Gasteiger partial charge in [0.1, 0.15) is 0 Å². The summed E-state index contributed by atoms with van der Waals surface area (Å²) >= 11 is 1.53. The van der Waals surface area contributed by atoms with Crippen molar-refractivity contribution in [1.29, 1.82) is 0 Å². The SMILES string of the molecule is O=C(NC[C@H](O)c1ccsc1)c1cc2ccccn2c1. The Hall–Kier alpha value is -2.11. The van der Waals surface area contributed by atoms with E-state index in [2.05, 4.69) is 5.32 Å². The molecule has 0 aliphatic carbocycles. The van der Waals surface area contributed by atoms with Crippen LogP contribution in [0.25, 0.3) is 5.52 Å². The standard InChI is InChI=1S/C15H14N2O2S/c18-14(11-4-6-20-10-11)8-16-15(19)12-7-13-3-1-2-5-17(13)9-12/h1-7,9-10,14,18H,8H2,(H,16,19)/t14-/m0/s1. The highest BCUT2D eigenvalue weighted by atomic mass is 32.1. The number of hydrogen-bond donors (Lipinski definition) is 2. The average Bonchev–Trinajstić information content (AvgIpc) is 3.12. The molecule has 0 unspecified atom stereocenters. The van der Waals surface area contributed by atoms with Crippen LogP contribution in [-0.2, 0) is 0 Å². The lowest BCUT2D eigenvalue weighted by molar-refractivity contribution is 0.0916. The number of amides is 1. The molecule has 0 saturated carbocycles. The number of rotatable bonds is 4. The molecule has 20 heavy (non-hydrogen) atoms. The number of fused-ring (bicyclic) bond motifs is 1. The molecule has 0 aromatic carbocycles. The predicted molar refractivity (Wildman–Crippen MR) is 79.0 cm³/mol. The van der Waals surface area contributed by atoms with Crippen molar-refractivity contribution in [2.24, 2.45) is 0 Å². The molecule has 0 spiro atoms. The molecule has 0 fully saturated rings. The lowest BCUT2D eigenvalue weighted by Gasteiger charge is -2.09. The van der Waals surface area contributed by atoms with Gasteiger partial charge in [0.15, 0.2) is 0 Å². The number of carbonyl (C=O) groups excluding carboxylic acids is 1. The Morgan fingerprint density at radius 3 is 3.05 bits per heavy atom. The molecule has 3 rings (SSSR count). The van der Waals surface area contributed by atoms with Crippen molar-refractivity contribution in [2.75, 3.05) is 6.54 Å². The van der Waals surface area contributed by atoms with Crippen molar-refractivity contribution in [1.82, 2.24) is 9.72 Å². The highest BCUT2D eigenvalue weighted by molar-refractivity contribution is 7.07. The van der Waals surface area contributed by atoms with Gasteiger partial charge in [-0.05, 0) is 40.6 Å². The summed E-state index contributed by atoms with van der Waals surface area (Å²) in [5, 5.41) is 16.5. The molecule has 0 bridgehead atoms. The number of pyridine rings is 1. The zero-order chi connectivity index (χ0) is 13.9. The van der Waals surface area contributed by atoms with Gasteiger partial charge >= 0.3 is 0 Å². The molecule has 0 saturated heterocycles. The first-order valence-corrected chi connectivity index (χ1v) is 7.23. The van der Waals surface area contributed by atoms with Gasteiger partial charge in [-0.3, -0.25) is 4.79 Å². The van der Waals surface area contributed by atoms with Crippen LogP contribution in [0.5, 0.6) is 0 Å². The minimum Gasteiger partial charge on any atom is -0.387 e. The van der Waals surface area contributed by atoms with Crippen molar-refractivity contribution < 1.29 is 9.90 Å². The zero-order valence-electron chi connectivity index (χ0n) is 10.7. The number of carbonyl (C=O) groups is 1. The third kappa shape index (κ3) is 2.59. The maximum atomic E-state index is 12.1. The van der Waals surface area contributed by atoms with Crippen molar-refractivity contribution >= 4 is 22.8 Å². The van der Waals surface area contributed by atoms with Crippen molar-refractivity contribution in [2.45, 2.75) is 6.10 Å².